The summed E-state index contributed by atoms with van der Waals surface area (Å²) in [5, 5.41) is 5.76. The summed E-state index contributed by atoms with van der Waals surface area (Å²) in [5.74, 6) is 0.620. The van der Waals surface area contributed by atoms with E-state index in [1.54, 1.807) is 41.6 Å². The lowest BCUT2D eigenvalue weighted by molar-refractivity contribution is 0.0954. The summed E-state index contributed by atoms with van der Waals surface area (Å²) >= 11 is 0. The van der Waals surface area contributed by atoms with Gasteiger partial charge in [-0.2, -0.15) is 0 Å². The van der Waals surface area contributed by atoms with Gasteiger partial charge in [0.2, 0.25) is 0 Å². The SMILES string of the molecule is CNCCNC(=O)c1ccc(-n2ccnc2)nc1.Cl.Cl. The molecule has 110 valence electrons. The predicted molar refractivity (Wildman–Crippen MR) is 82.1 cm³/mol. The Morgan fingerprint density at radius 3 is 2.65 bits per heavy atom. The first kappa shape index (κ1) is 18.4. The van der Waals surface area contributed by atoms with E-state index in [-0.39, 0.29) is 30.7 Å². The van der Waals surface area contributed by atoms with Crippen LogP contribution in [0, 0.1) is 0 Å². The zero-order chi connectivity index (χ0) is 12.8. The number of likely N-dealkylation sites (N-methyl/N-ethyl adjacent to an activating group) is 1. The largest absolute Gasteiger partial charge is 0.351 e. The first-order valence-electron chi connectivity index (χ1n) is 5.68. The number of carbonyl (C=O) groups excluding carboxylic acids is 1. The smallest absolute Gasteiger partial charge is 0.252 e. The van der Waals surface area contributed by atoms with Crippen LogP contribution in [-0.4, -0.2) is 40.6 Å². The third-order valence-corrected chi connectivity index (χ3v) is 2.44. The average molecular weight is 318 g/mol. The molecule has 0 aliphatic heterocycles. The molecule has 20 heavy (non-hydrogen) atoms. The van der Waals surface area contributed by atoms with Gasteiger partial charge in [0.1, 0.15) is 12.1 Å². The molecule has 8 heteroatoms. The van der Waals surface area contributed by atoms with Gasteiger partial charge in [0.25, 0.3) is 5.91 Å². The van der Waals surface area contributed by atoms with Gasteiger partial charge in [-0.15, -0.1) is 24.8 Å². The fraction of sp³-hybridized carbons (Fsp3) is 0.250. The van der Waals surface area contributed by atoms with Crippen molar-refractivity contribution in [1.29, 1.82) is 0 Å². The van der Waals surface area contributed by atoms with E-state index in [0.717, 1.165) is 12.4 Å². The van der Waals surface area contributed by atoms with Crippen LogP contribution in [0.25, 0.3) is 5.82 Å². The maximum Gasteiger partial charge on any atom is 0.252 e. The summed E-state index contributed by atoms with van der Waals surface area (Å²) in [6.07, 6.45) is 6.70. The second kappa shape index (κ2) is 9.30. The molecule has 0 radical (unpaired) electrons. The van der Waals surface area contributed by atoms with Crippen molar-refractivity contribution >= 4 is 30.7 Å². The summed E-state index contributed by atoms with van der Waals surface area (Å²) in [4.78, 5) is 19.9. The van der Waals surface area contributed by atoms with E-state index in [9.17, 15) is 4.79 Å². The molecule has 2 aromatic rings. The predicted octanol–water partition coefficient (Wildman–Crippen LogP) is 1.06. The number of carbonyl (C=O) groups is 1. The van der Waals surface area contributed by atoms with Gasteiger partial charge < -0.3 is 10.6 Å². The van der Waals surface area contributed by atoms with E-state index in [1.165, 1.54) is 0 Å². The zero-order valence-electron chi connectivity index (χ0n) is 10.9. The number of halogens is 2. The molecular weight excluding hydrogens is 301 g/mol. The van der Waals surface area contributed by atoms with Crippen molar-refractivity contribution in [3.8, 4) is 5.82 Å². The third kappa shape index (κ3) is 4.80. The average Bonchev–Trinajstić information content (AvgIpc) is 2.93. The summed E-state index contributed by atoms with van der Waals surface area (Å²) < 4.78 is 1.78. The fourth-order valence-corrected chi connectivity index (χ4v) is 1.47. The molecule has 0 aliphatic rings. The molecule has 0 spiro atoms. The lowest BCUT2D eigenvalue weighted by atomic mass is 10.2. The Morgan fingerprint density at radius 2 is 2.10 bits per heavy atom. The van der Waals surface area contributed by atoms with E-state index in [1.807, 2.05) is 7.05 Å². The molecule has 2 rings (SSSR count). The number of hydrogen-bond acceptors (Lipinski definition) is 4. The topological polar surface area (TPSA) is 71.8 Å². The van der Waals surface area contributed by atoms with Gasteiger partial charge in [0.05, 0.1) is 5.56 Å². The fourth-order valence-electron chi connectivity index (χ4n) is 1.47. The lowest BCUT2D eigenvalue weighted by Gasteiger charge is -2.05. The molecule has 0 saturated heterocycles. The molecule has 0 atom stereocenters. The highest BCUT2D eigenvalue weighted by Gasteiger charge is 2.05. The minimum Gasteiger partial charge on any atom is -0.351 e. The van der Waals surface area contributed by atoms with Gasteiger partial charge in [-0.05, 0) is 19.2 Å². The molecule has 2 N–H and O–H groups in total. The second-order valence-electron chi connectivity index (χ2n) is 3.73. The van der Waals surface area contributed by atoms with Crippen LogP contribution in [-0.2, 0) is 0 Å². The van der Waals surface area contributed by atoms with Crippen molar-refractivity contribution in [2.45, 2.75) is 0 Å². The minimum atomic E-state index is -0.116. The highest BCUT2D eigenvalue weighted by molar-refractivity contribution is 5.93. The maximum absolute atomic E-state index is 11.7. The van der Waals surface area contributed by atoms with Crippen molar-refractivity contribution in [3.63, 3.8) is 0 Å². The van der Waals surface area contributed by atoms with Crippen molar-refractivity contribution in [2.24, 2.45) is 0 Å². The molecule has 6 nitrogen and oxygen atoms in total. The van der Waals surface area contributed by atoms with E-state index in [4.69, 9.17) is 0 Å². The van der Waals surface area contributed by atoms with Crippen LogP contribution in [0.3, 0.4) is 0 Å². The Labute approximate surface area is 129 Å². The normalized spacial score (nSPS) is 9.25. The molecule has 0 unspecified atom stereocenters. The zero-order valence-corrected chi connectivity index (χ0v) is 12.6. The standard InChI is InChI=1S/C12H15N5O.2ClH/c1-13-4-5-15-12(18)10-2-3-11(16-8-10)17-7-6-14-9-17;;/h2-3,6-9,13H,4-5H2,1H3,(H,15,18);2*1H. The number of nitrogens with one attached hydrogen (secondary N) is 2. The van der Waals surface area contributed by atoms with Crippen molar-refractivity contribution < 1.29 is 4.79 Å². The molecule has 0 saturated carbocycles. The molecule has 2 aromatic heterocycles. The van der Waals surface area contributed by atoms with Crippen molar-refractivity contribution in [1.82, 2.24) is 25.2 Å². The summed E-state index contributed by atoms with van der Waals surface area (Å²) in [5.41, 5.74) is 0.551. The van der Waals surface area contributed by atoms with Crippen LogP contribution in [0.4, 0.5) is 0 Å². The highest BCUT2D eigenvalue weighted by Crippen LogP contribution is 2.05. The first-order chi connectivity index (χ1) is 8.81. The Bertz CT molecular complexity index is 501. The van der Waals surface area contributed by atoms with Crippen LogP contribution in [0.2, 0.25) is 0 Å². The van der Waals surface area contributed by atoms with Gasteiger partial charge in [-0.3, -0.25) is 9.36 Å². The Morgan fingerprint density at radius 1 is 1.30 bits per heavy atom. The number of pyridine rings is 1. The van der Waals surface area contributed by atoms with Gasteiger partial charge in [-0.1, -0.05) is 0 Å². The molecule has 0 fully saturated rings. The summed E-state index contributed by atoms with van der Waals surface area (Å²) in [7, 11) is 1.84. The molecule has 2 heterocycles. The number of amides is 1. The summed E-state index contributed by atoms with van der Waals surface area (Å²) in [6, 6.07) is 3.53. The van der Waals surface area contributed by atoms with E-state index in [0.29, 0.717) is 12.1 Å². The van der Waals surface area contributed by atoms with Gasteiger partial charge in [-0.25, -0.2) is 9.97 Å². The minimum absolute atomic E-state index is 0. The number of hydrogen-bond donors (Lipinski definition) is 2. The summed E-state index contributed by atoms with van der Waals surface area (Å²) in [6.45, 7) is 1.34. The molecule has 0 aliphatic carbocycles. The van der Waals surface area contributed by atoms with Crippen LogP contribution < -0.4 is 10.6 Å². The number of nitrogens with zero attached hydrogens (tertiary/aromatic N) is 3. The lowest BCUT2D eigenvalue weighted by Crippen LogP contribution is -2.30. The number of imidazole rings is 1. The van der Waals surface area contributed by atoms with Gasteiger partial charge in [0.15, 0.2) is 0 Å². The molecule has 0 bridgehead atoms. The third-order valence-electron chi connectivity index (χ3n) is 2.44. The Hall–Kier alpha value is -1.63. The van der Waals surface area contributed by atoms with Crippen LogP contribution in [0.15, 0.2) is 37.1 Å². The van der Waals surface area contributed by atoms with Crippen molar-refractivity contribution in [2.75, 3.05) is 20.1 Å². The van der Waals surface area contributed by atoms with Gasteiger partial charge in [0, 0.05) is 31.7 Å². The highest BCUT2D eigenvalue weighted by atomic mass is 35.5. The Kier molecular flexibility index (Phi) is 8.54. The van der Waals surface area contributed by atoms with E-state index in [2.05, 4.69) is 20.6 Å². The monoisotopic (exact) mass is 317 g/mol. The maximum atomic E-state index is 11.7. The number of rotatable bonds is 5. The van der Waals surface area contributed by atoms with Gasteiger partial charge >= 0.3 is 0 Å². The number of aromatic nitrogens is 3. The second-order valence-corrected chi connectivity index (χ2v) is 3.73. The van der Waals surface area contributed by atoms with Crippen molar-refractivity contribution in [3.05, 3.63) is 42.6 Å². The Balaban J connectivity index is 0.00000180. The molecular formula is C12H17Cl2N5O. The van der Waals surface area contributed by atoms with E-state index >= 15 is 0 Å². The van der Waals surface area contributed by atoms with Crippen LogP contribution in [0.5, 0.6) is 0 Å². The molecule has 0 aromatic carbocycles. The quantitative estimate of drug-likeness (QED) is 0.809. The van der Waals surface area contributed by atoms with Crippen LogP contribution in [0.1, 0.15) is 10.4 Å². The van der Waals surface area contributed by atoms with E-state index < -0.39 is 0 Å². The first-order valence-corrected chi connectivity index (χ1v) is 5.68. The van der Waals surface area contributed by atoms with Crippen LogP contribution >= 0.6 is 24.8 Å². The molecule has 1 amide bonds.